The lowest BCUT2D eigenvalue weighted by molar-refractivity contribution is 0.867. The monoisotopic (exact) mass is 333 g/mol. The number of hydrogen-bond acceptors (Lipinski definition) is 5. The third-order valence-electron chi connectivity index (χ3n) is 4.04. The van der Waals surface area contributed by atoms with E-state index in [0.29, 0.717) is 23.2 Å². The Kier molecular flexibility index (Phi) is 4.84. The number of nitrogens with two attached hydrogens (primary N) is 1. The third-order valence-corrected chi connectivity index (χ3v) is 4.04. The molecule has 3 rings (SSSR count). The Morgan fingerprint density at radius 2 is 1.28 bits per heavy atom. The molecule has 0 saturated carbocycles. The summed E-state index contributed by atoms with van der Waals surface area (Å²) in [6.07, 6.45) is 1.50. The van der Waals surface area contributed by atoms with Crippen LogP contribution in [-0.2, 0) is 0 Å². The molecule has 4 N–H and O–H groups in total. The topological polar surface area (TPSA) is 75.9 Å². The van der Waals surface area contributed by atoms with Crippen molar-refractivity contribution in [3.63, 3.8) is 0 Å². The first-order chi connectivity index (χ1) is 12.0. The van der Waals surface area contributed by atoms with Crippen molar-refractivity contribution < 1.29 is 0 Å². The maximum absolute atomic E-state index is 6.24. The molecule has 0 aliphatic carbocycles. The van der Waals surface area contributed by atoms with Crippen molar-refractivity contribution in [1.82, 2.24) is 9.97 Å². The van der Waals surface area contributed by atoms with Gasteiger partial charge in [0, 0.05) is 11.4 Å². The summed E-state index contributed by atoms with van der Waals surface area (Å²) in [5.74, 6) is 1.67. The lowest BCUT2D eigenvalue weighted by Gasteiger charge is -2.13. The first kappa shape index (κ1) is 16.8. The number of hydrogen-bond donors (Lipinski definition) is 3. The molecule has 0 fully saturated rings. The molecule has 1 aromatic heterocycles. The van der Waals surface area contributed by atoms with Gasteiger partial charge in [0.25, 0.3) is 0 Å². The van der Waals surface area contributed by atoms with Gasteiger partial charge in [-0.15, -0.1) is 0 Å². The Bertz CT molecular complexity index is 839. The molecule has 5 heteroatoms. The highest BCUT2D eigenvalue weighted by Gasteiger charge is 2.09. The second kappa shape index (κ2) is 7.21. The van der Waals surface area contributed by atoms with Gasteiger partial charge in [-0.2, -0.15) is 0 Å². The fourth-order valence-corrected chi connectivity index (χ4v) is 2.46. The molecule has 25 heavy (non-hydrogen) atoms. The Hall–Kier alpha value is -3.08. The molecular weight excluding hydrogens is 310 g/mol. The van der Waals surface area contributed by atoms with Gasteiger partial charge in [-0.1, -0.05) is 43.7 Å². The quantitative estimate of drug-likeness (QED) is 0.614. The van der Waals surface area contributed by atoms with Crippen molar-refractivity contribution in [2.45, 2.75) is 26.7 Å². The Balaban J connectivity index is 1.79. The standard InChI is InChI=1S/C20H23N5/c1-13(2)15-6-10-17(11-7-15)25-20-18(21)19(22-12-23-20)24-16-8-4-14(3)5-9-16/h4-13H,21H2,1-3H3,(H2,22,23,24,25). The van der Waals surface area contributed by atoms with Crippen molar-refractivity contribution >= 4 is 28.7 Å². The van der Waals surface area contributed by atoms with Gasteiger partial charge in [-0.3, -0.25) is 0 Å². The van der Waals surface area contributed by atoms with E-state index in [0.717, 1.165) is 11.4 Å². The molecule has 0 aliphatic rings. The van der Waals surface area contributed by atoms with E-state index >= 15 is 0 Å². The van der Waals surface area contributed by atoms with Crippen LogP contribution in [0.5, 0.6) is 0 Å². The van der Waals surface area contributed by atoms with E-state index in [9.17, 15) is 0 Å². The minimum atomic E-state index is 0.482. The van der Waals surface area contributed by atoms with Crippen LogP contribution in [0.25, 0.3) is 0 Å². The normalized spacial score (nSPS) is 10.7. The zero-order chi connectivity index (χ0) is 17.8. The molecule has 5 nitrogen and oxygen atoms in total. The molecule has 0 unspecified atom stereocenters. The van der Waals surface area contributed by atoms with Crippen LogP contribution >= 0.6 is 0 Å². The SMILES string of the molecule is Cc1ccc(Nc2ncnc(Nc3ccc(C(C)C)cc3)c2N)cc1. The molecule has 1 heterocycles. The van der Waals surface area contributed by atoms with Gasteiger partial charge in [-0.25, -0.2) is 9.97 Å². The van der Waals surface area contributed by atoms with Crippen LogP contribution < -0.4 is 16.4 Å². The highest BCUT2D eigenvalue weighted by atomic mass is 15.1. The molecule has 0 bridgehead atoms. The van der Waals surface area contributed by atoms with Gasteiger partial charge < -0.3 is 16.4 Å². The van der Waals surface area contributed by atoms with Gasteiger partial charge in [0.1, 0.15) is 12.0 Å². The first-order valence-corrected chi connectivity index (χ1v) is 8.34. The predicted molar refractivity (Wildman–Crippen MR) is 105 cm³/mol. The molecule has 0 radical (unpaired) electrons. The molecule has 0 saturated heterocycles. The van der Waals surface area contributed by atoms with Crippen LogP contribution in [0.4, 0.5) is 28.7 Å². The van der Waals surface area contributed by atoms with Crippen LogP contribution in [-0.4, -0.2) is 9.97 Å². The summed E-state index contributed by atoms with van der Waals surface area (Å²) < 4.78 is 0. The van der Waals surface area contributed by atoms with Crippen molar-refractivity contribution in [3.8, 4) is 0 Å². The minimum absolute atomic E-state index is 0.482. The van der Waals surface area contributed by atoms with E-state index in [1.807, 2.05) is 36.4 Å². The van der Waals surface area contributed by atoms with Crippen LogP contribution in [0, 0.1) is 6.92 Å². The first-order valence-electron chi connectivity index (χ1n) is 8.34. The summed E-state index contributed by atoms with van der Waals surface area (Å²) >= 11 is 0. The minimum Gasteiger partial charge on any atom is -0.393 e. The van der Waals surface area contributed by atoms with Crippen LogP contribution in [0.3, 0.4) is 0 Å². The maximum Gasteiger partial charge on any atom is 0.159 e. The van der Waals surface area contributed by atoms with Gasteiger partial charge in [0.2, 0.25) is 0 Å². The second-order valence-corrected chi connectivity index (χ2v) is 6.38. The van der Waals surface area contributed by atoms with Crippen molar-refractivity contribution in [1.29, 1.82) is 0 Å². The predicted octanol–water partition coefficient (Wildman–Crippen LogP) is 4.98. The molecule has 0 atom stereocenters. The van der Waals surface area contributed by atoms with E-state index in [1.165, 1.54) is 17.5 Å². The average molecular weight is 333 g/mol. The number of nitrogens with zero attached hydrogens (tertiary/aromatic N) is 2. The smallest absolute Gasteiger partial charge is 0.159 e. The fraction of sp³-hybridized carbons (Fsp3) is 0.200. The Morgan fingerprint density at radius 1 is 0.800 bits per heavy atom. The highest BCUT2D eigenvalue weighted by Crippen LogP contribution is 2.28. The number of benzene rings is 2. The van der Waals surface area contributed by atoms with Crippen molar-refractivity contribution in [2.24, 2.45) is 0 Å². The van der Waals surface area contributed by atoms with E-state index < -0.39 is 0 Å². The number of anilines is 5. The lowest BCUT2D eigenvalue weighted by Crippen LogP contribution is -2.05. The van der Waals surface area contributed by atoms with Gasteiger partial charge >= 0.3 is 0 Å². The zero-order valence-corrected chi connectivity index (χ0v) is 14.7. The molecule has 0 aliphatic heterocycles. The lowest BCUT2D eigenvalue weighted by atomic mass is 10.0. The van der Waals surface area contributed by atoms with Crippen LogP contribution in [0.1, 0.15) is 30.9 Å². The zero-order valence-electron chi connectivity index (χ0n) is 14.7. The number of aryl methyl sites for hydroxylation is 1. The van der Waals surface area contributed by atoms with Crippen LogP contribution in [0.15, 0.2) is 54.9 Å². The van der Waals surface area contributed by atoms with Crippen LogP contribution in [0.2, 0.25) is 0 Å². The van der Waals surface area contributed by atoms with Gasteiger partial charge in [0.05, 0.1) is 0 Å². The highest BCUT2D eigenvalue weighted by molar-refractivity contribution is 5.80. The van der Waals surface area contributed by atoms with E-state index in [-0.39, 0.29) is 0 Å². The molecule has 3 aromatic rings. The van der Waals surface area contributed by atoms with Crippen molar-refractivity contribution in [2.75, 3.05) is 16.4 Å². The Labute approximate surface area is 148 Å². The average Bonchev–Trinajstić information content (AvgIpc) is 2.61. The summed E-state index contributed by atoms with van der Waals surface area (Å²) in [4.78, 5) is 8.51. The van der Waals surface area contributed by atoms with Gasteiger partial charge in [0.15, 0.2) is 11.6 Å². The number of aromatic nitrogens is 2. The third kappa shape index (κ3) is 4.07. The summed E-state index contributed by atoms with van der Waals surface area (Å²) in [5, 5.41) is 6.49. The van der Waals surface area contributed by atoms with E-state index in [2.05, 4.69) is 53.5 Å². The summed E-state index contributed by atoms with van der Waals surface area (Å²) in [6.45, 7) is 6.40. The number of rotatable bonds is 5. The van der Waals surface area contributed by atoms with Gasteiger partial charge in [-0.05, 0) is 42.7 Å². The molecule has 0 spiro atoms. The number of nitrogen functional groups attached to an aromatic ring is 1. The molecule has 0 amide bonds. The van der Waals surface area contributed by atoms with E-state index in [1.54, 1.807) is 0 Å². The fourth-order valence-electron chi connectivity index (χ4n) is 2.46. The molecule has 2 aromatic carbocycles. The largest absolute Gasteiger partial charge is 0.393 e. The molecular formula is C20H23N5. The summed E-state index contributed by atoms with van der Waals surface area (Å²) in [5.41, 5.74) is 11.1. The summed E-state index contributed by atoms with van der Waals surface area (Å²) in [7, 11) is 0. The Morgan fingerprint density at radius 3 is 1.76 bits per heavy atom. The molecule has 128 valence electrons. The number of nitrogens with one attached hydrogen (secondary N) is 2. The second-order valence-electron chi connectivity index (χ2n) is 6.38. The van der Waals surface area contributed by atoms with E-state index in [4.69, 9.17) is 5.73 Å². The maximum atomic E-state index is 6.24. The summed E-state index contributed by atoms with van der Waals surface area (Å²) in [6, 6.07) is 16.3. The van der Waals surface area contributed by atoms with Crippen molar-refractivity contribution in [3.05, 3.63) is 66.0 Å².